The molecule has 0 aromatic carbocycles. The van der Waals surface area contributed by atoms with Crippen LogP contribution in [0.25, 0.3) is 0 Å². The minimum absolute atomic E-state index is 0.720. The Morgan fingerprint density at radius 3 is 1.14 bits per heavy atom. The van der Waals surface area contributed by atoms with Crippen molar-refractivity contribution in [1.82, 2.24) is 0 Å². The second kappa shape index (κ2) is 6.93. The van der Waals surface area contributed by atoms with E-state index in [0.717, 1.165) is 26.3 Å². The summed E-state index contributed by atoms with van der Waals surface area (Å²) in [7, 11) is -1.44. The zero-order valence-corrected chi connectivity index (χ0v) is 16.1. The Morgan fingerprint density at radius 1 is 0.643 bits per heavy atom. The number of rotatable bonds is 7. The molecule has 0 bridgehead atoms. The molecule has 86 valence electrons. The third kappa shape index (κ3) is 13.5. The van der Waals surface area contributed by atoms with Crippen LogP contribution in [-0.2, 0) is 0 Å². The molecular formula is C10H26Se2Si2. The summed E-state index contributed by atoms with van der Waals surface area (Å²) in [4.78, 5) is 0. The first-order valence-electron chi connectivity index (χ1n) is 5.45. The van der Waals surface area contributed by atoms with Crippen LogP contribution in [0.4, 0.5) is 0 Å². The topological polar surface area (TPSA) is 0 Å². The van der Waals surface area contributed by atoms with Crippen LogP contribution in [0.2, 0.25) is 62.0 Å². The molecular weight excluding hydrogens is 334 g/mol. The summed E-state index contributed by atoms with van der Waals surface area (Å²) in [6.45, 7) is 15.0. The molecule has 0 spiro atoms. The summed E-state index contributed by atoms with van der Waals surface area (Å²) in [5.74, 6) is 0. The van der Waals surface area contributed by atoms with Gasteiger partial charge in [0.15, 0.2) is 0 Å². The third-order valence-corrected chi connectivity index (χ3v) is 14.4. The van der Waals surface area contributed by atoms with Crippen molar-refractivity contribution < 1.29 is 0 Å². The summed E-state index contributed by atoms with van der Waals surface area (Å²) in [6.07, 6.45) is 0. The molecule has 0 unspecified atom stereocenters. The van der Waals surface area contributed by atoms with Gasteiger partial charge >= 0.3 is 104 Å². The van der Waals surface area contributed by atoms with Gasteiger partial charge in [-0.05, 0) is 0 Å². The summed E-state index contributed by atoms with van der Waals surface area (Å²) >= 11 is 2.04. The van der Waals surface area contributed by atoms with Crippen LogP contribution in [0.1, 0.15) is 0 Å². The van der Waals surface area contributed by atoms with Crippen molar-refractivity contribution in [3.05, 3.63) is 0 Å². The molecule has 0 aliphatic carbocycles. The molecule has 0 aromatic heterocycles. The van der Waals surface area contributed by atoms with Gasteiger partial charge in [-0.1, -0.05) is 0 Å². The van der Waals surface area contributed by atoms with Crippen molar-refractivity contribution in [2.24, 2.45) is 0 Å². The fraction of sp³-hybridized carbons (Fsp3) is 1.00. The van der Waals surface area contributed by atoms with Gasteiger partial charge in [0.2, 0.25) is 0 Å². The van der Waals surface area contributed by atoms with E-state index >= 15 is 0 Å². The molecule has 14 heavy (non-hydrogen) atoms. The fourth-order valence-electron chi connectivity index (χ4n) is 0.814. The molecule has 0 fully saturated rings. The van der Waals surface area contributed by atoms with Crippen LogP contribution < -0.4 is 0 Å². The third-order valence-electron chi connectivity index (χ3n) is 1.95. The summed E-state index contributed by atoms with van der Waals surface area (Å²) < 4.78 is 0. The molecule has 0 atom stereocenters. The first kappa shape index (κ1) is 15.5. The molecule has 0 nitrogen and oxygen atoms in total. The summed E-state index contributed by atoms with van der Waals surface area (Å²) in [5.41, 5.74) is 0. The normalized spacial score (nSPS) is 13.3. The summed E-state index contributed by atoms with van der Waals surface area (Å²) in [5, 5.41) is 3.16. The quantitative estimate of drug-likeness (QED) is 0.478. The molecule has 0 rings (SSSR count). The van der Waals surface area contributed by atoms with E-state index in [0.29, 0.717) is 0 Å². The van der Waals surface area contributed by atoms with Crippen molar-refractivity contribution in [3.63, 3.8) is 0 Å². The first-order chi connectivity index (χ1) is 6.21. The Kier molecular flexibility index (Phi) is 7.66. The Balaban J connectivity index is 3.23. The predicted octanol–water partition coefficient (Wildman–Crippen LogP) is 3.82. The molecule has 4 heteroatoms. The van der Waals surface area contributed by atoms with Crippen LogP contribution >= 0.6 is 0 Å². The molecule has 0 amide bonds. The Bertz CT molecular complexity index is 129. The van der Waals surface area contributed by atoms with Gasteiger partial charge in [0, 0.05) is 0 Å². The van der Waals surface area contributed by atoms with Gasteiger partial charge in [-0.25, -0.2) is 0 Å². The zero-order valence-electron chi connectivity index (χ0n) is 10.6. The predicted molar refractivity (Wildman–Crippen MR) is 77.4 cm³/mol. The van der Waals surface area contributed by atoms with E-state index in [9.17, 15) is 0 Å². The van der Waals surface area contributed by atoms with Crippen molar-refractivity contribution >= 4 is 42.4 Å². The van der Waals surface area contributed by atoms with Gasteiger partial charge in [-0.2, -0.15) is 0 Å². The van der Waals surface area contributed by atoms with E-state index in [1.165, 1.54) is 0 Å². The molecule has 0 aliphatic rings. The molecule has 0 N–H and O–H groups in total. The first-order valence-corrected chi connectivity index (χ1v) is 19.6. The van der Waals surface area contributed by atoms with Crippen molar-refractivity contribution in [1.29, 1.82) is 0 Å². The van der Waals surface area contributed by atoms with E-state index in [1.807, 2.05) is 0 Å². The molecule has 0 saturated heterocycles. The Hall–Kier alpha value is 1.47. The maximum atomic E-state index is 2.50. The van der Waals surface area contributed by atoms with Crippen molar-refractivity contribution in [2.45, 2.75) is 62.0 Å². The minimum atomic E-state index is -0.720. The van der Waals surface area contributed by atoms with Crippen molar-refractivity contribution in [2.75, 3.05) is 0 Å². The van der Waals surface area contributed by atoms with Crippen LogP contribution in [0, 0.1) is 0 Å². The Labute approximate surface area is 104 Å². The monoisotopic (exact) mass is 362 g/mol. The molecule has 0 aliphatic heterocycles. The van der Waals surface area contributed by atoms with Crippen LogP contribution in [-0.4, -0.2) is 42.4 Å². The molecule has 0 aromatic rings. The van der Waals surface area contributed by atoms with Crippen LogP contribution in [0.3, 0.4) is 0 Å². The SMILES string of the molecule is C[Si](C)(C)CC[Se][Se]CC[Si](C)(C)C. The number of hydrogen-bond acceptors (Lipinski definition) is 0. The number of hydrogen-bond donors (Lipinski definition) is 0. The van der Waals surface area contributed by atoms with Gasteiger partial charge in [0.05, 0.1) is 0 Å². The fourth-order valence-corrected chi connectivity index (χ4v) is 19.5. The van der Waals surface area contributed by atoms with Crippen LogP contribution in [0.5, 0.6) is 0 Å². The van der Waals surface area contributed by atoms with Gasteiger partial charge in [-0.15, -0.1) is 0 Å². The molecule has 0 saturated carbocycles. The van der Waals surface area contributed by atoms with Crippen LogP contribution in [0.15, 0.2) is 0 Å². The Morgan fingerprint density at radius 2 is 0.929 bits per heavy atom. The molecule has 0 heterocycles. The van der Waals surface area contributed by atoms with E-state index in [2.05, 4.69) is 39.3 Å². The van der Waals surface area contributed by atoms with E-state index < -0.39 is 16.1 Å². The second-order valence-electron chi connectivity index (χ2n) is 6.27. The van der Waals surface area contributed by atoms with Gasteiger partial charge in [0.1, 0.15) is 0 Å². The second-order valence-corrected chi connectivity index (χ2v) is 25.3. The van der Waals surface area contributed by atoms with Crippen molar-refractivity contribution in [3.8, 4) is 0 Å². The zero-order chi connectivity index (χ0) is 11.2. The molecule has 0 radical (unpaired) electrons. The average molecular weight is 360 g/mol. The standard InChI is InChI=1S/C10H26Se2Si2/c1-13(2,3)9-7-11-12-8-10-14(4,5)6/h7-10H2,1-6H3. The van der Waals surface area contributed by atoms with E-state index in [-0.39, 0.29) is 0 Å². The maximum absolute atomic E-state index is 2.50. The van der Waals surface area contributed by atoms with Gasteiger partial charge in [0.25, 0.3) is 0 Å². The van der Waals surface area contributed by atoms with Gasteiger partial charge < -0.3 is 0 Å². The average Bonchev–Trinajstić information content (AvgIpc) is 1.92. The van der Waals surface area contributed by atoms with Gasteiger partial charge in [-0.3, -0.25) is 0 Å². The summed E-state index contributed by atoms with van der Waals surface area (Å²) in [6, 6.07) is 3.14. The van der Waals surface area contributed by atoms with E-state index in [4.69, 9.17) is 0 Å². The van der Waals surface area contributed by atoms with E-state index in [1.54, 1.807) is 22.7 Å².